The fraction of sp³-hybridized carbons (Fsp3) is 0.130. The molecule has 0 spiro atoms. The number of ether oxygens (including phenoxy) is 2. The van der Waals surface area contributed by atoms with Gasteiger partial charge in [0.2, 0.25) is 0 Å². The number of carbonyl (C=O) groups excluding carboxylic acids is 1. The molecule has 0 saturated heterocycles. The summed E-state index contributed by atoms with van der Waals surface area (Å²) in [6.07, 6.45) is 1.39. The third-order valence-electron chi connectivity index (χ3n) is 4.34. The molecule has 0 unspecified atom stereocenters. The van der Waals surface area contributed by atoms with E-state index in [0.29, 0.717) is 19.9 Å². The first-order valence-electron chi connectivity index (χ1n) is 9.77. The topological polar surface area (TPSA) is 103 Å². The average Bonchev–Trinajstić information content (AvgIpc) is 2.80. The lowest BCUT2D eigenvalue weighted by Gasteiger charge is -2.13. The summed E-state index contributed by atoms with van der Waals surface area (Å²) in [6.45, 7) is 1.63. The highest BCUT2D eigenvalue weighted by Crippen LogP contribution is 2.35. The van der Waals surface area contributed by atoms with Gasteiger partial charge in [-0.3, -0.25) is 4.79 Å². The number of nitrogens with one attached hydrogen (secondary N) is 1. The first-order valence-corrected chi connectivity index (χ1v) is 12.6. The van der Waals surface area contributed by atoms with Gasteiger partial charge in [0.05, 0.1) is 16.9 Å². The minimum atomic E-state index is -4.05. The van der Waals surface area contributed by atoms with Gasteiger partial charge in [0, 0.05) is 5.02 Å². The third kappa shape index (κ3) is 7.08. The lowest BCUT2D eigenvalue weighted by atomic mass is 10.2. The molecule has 8 nitrogen and oxygen atoms in total. The molecule has 11 heteroatoms. The molecule has 3 aromatic carbocycles. The van der Waals surface area contributed by atoms with E-state index in [1.807, 2.05) is 29.5 Å². The first kappa shape index (κ1) is 25.8. The molecule has 0 heterocycles. The molecular formula is C23H20ClIN2O6S. The Bertz CT molecular complexity index is 1300. The Balaban J connectivity index is 1.66. The fourth-order valence-corrected chi connectivity index (χ4v) is 4.62. The quantitative estimate of drug-likeness (QED) is 0.164. The van der Waals surface area contributed by atoms with Crippen LogP contribution in [0.25, 0.3) is 0 Å². The Labute approximate surface area is 216 Å². The SMILES string of the molecule is COc1cc(/C=N\NC(=O)COc2ccc(Cl)cc2)cc(I)c1OS(=O)(=O)c1ccc(C)cc1. The maximum atomic E-state index is 12.7. The fourth-order valence-electron chi connectivity index (χ4n) is 2.65. The molecule has 34 heavy (non-hydrogen) atoms. The smallest absolute Gasteiger partial charge is 0.339 e. The van der Waals surface area contributed by atoms with Crippen molar-refractivity contribution in [2.24, 2.45) is 5.10 Å². The Morgan fingerprint density at radius 1 is 1.12 bits per heavy atom. The molecule has 1 N–H and O–H groups in total. The van der Waals surface area contributed by atoms with Gasteiger partial charge in [-0.2, -0.15) is 13.5 Å². The van der Waals surface area contributed by atoms with E-state index in [2.05, 4.69) is 10.5 Å². The Hall–Kier alpha value is -2.83. The van der Waals surface area contributed by atoms with E-state index in [0.717, 1.165) is 5.56 Å². The Morgan fingerprint density at radius 3 is 2.44 bits per heavy atom. The van der Waals surface area contributed by atoms with Crippen molar-refractivity contribution in [1.82, 2.24) is 5.43 Å². The Morgan fingerprint density at radius 2 is 1.79 bits per heavy atom. The van der Waals surface area contributed by atoms with Crippen LogP contribution in [0.2, 0.25) is 5.02 Å². The second-order valence-corrected chi connectivity index (χ2v) is 10.1. The molecule has 0 fully saturated rings. The van der Waals surface area contributed by atoms with E-state index in [9.17, 15) is 13.2 Å². The second-order valence-electron chi connectivity index (χ2n) is 6.92. The summed E-state index contributed by atoms with van der Waals surface area (Å²) in [4.78, 5) is 12.0. The number of rotatable bonds is 9. The zero-order chi connectivity index (χ0) is 24.7. The van der Waals surface area contributed by atoms with E-state index in [1.165, 1.54) is 25.5 Å². The van der Waals surface area contributed by atoms with E-state index >= 15 is 0 Å². The normalized spacial score (nSPS) is 11.3. The van der Waals surface area contributed by atoms with Crippen LogP contribution in [-0.2, 0) is 14.9 Å². The van der Waals surface area contributed by atoms with Crippen molar-refractivity contribution in [3.8, 4) is 17.2 Å². The maximum Gasteiger partial charge on any atom is 0.339 e. The standard InChI is InChI=1S/C23H20ClIN2O6S/c1-15-3-9-19(10-4-15)34(29,30)33-23-20(25)11-16(12-21(23)31-2)13-26-27-22(28)14-32-18-7-5-17(24)6-8-18/h3-13H,14H2,1-2H3,(H,27,28)/b26-13-. The van der Waals surface area contributed by atoms with Crippen molar-refractivity contribution in [1.29, 1.82) is 0 Å². The van der Waals surface area contributed by atoms with Gasteiger partial charge in [-0.05, 0) is 83.6 Å². The van der Waals surface area contributed by atoms with Crippen LogP contribution in [0, 0.1) is 10.5 Å². The van der Waals surface area contributed by atoms with Crippen LogP contribution in [0.1, 0.15) is 11.1 Å². The van der Waals surface area contributed by atoms with Gasteiger partial charge in [-0.1, -0.05) is 29.3 Å². The van der Waals surface area contributed by atoms with Crippen molar-refractivity contribution in [2.45, 2.75) is 11.8 Å². The number of halogens is 2. The molecule has 3 rings (SSSR count). The van der Waals surface area contributed by atoms with Gasteiger partial charge in [0.15, 0.2) is 18.1 Å². The number of hydrazone groups is 1. The first-order chi connectivity index (χ1) is 16.2. The number of hydrogen-bond acceptors (Lipinski definition) is 7. The second kappa shape index (κ2) is 11.5. The molecule has 0 aliphatic carbocycles. The summed E-state index contributed by atoms with van der Waals surface area (Å²) < 4.78 is 41.8. The predicted octanol–water partition coefficient (Wildman–Crippen LogP) is 4.56. The van der Waals surface area contributed by atoms with Crippen LogP contribution in [0.4, 0.5) is 0 Å². The number of carbonyl (C=O) groups is 1. The number of hydrogen-bond donors (Lipinski definition) is 1. The van der Waals surface area contributed by atoms with Gasteiger partial charge in [0.25, 0.3) is 5.91 Å². The third-order valence-corrected chi connectivity index (χ3v) is 6.63. The largest absolute Gasteiger partial charge is 0.493 e. The molecule has 0 aliphatic heterocycles. The van der Waals surface area contributed by atoms with Gasteiger partial charge in [-0.15, -0.1) is 0 Å². The summed E-state index contributed by atoms with van der Waals surface area (Å²) in [7, 11) is -2.66. The van der Waals surface area contributed by atoms with Crippen molar-refractivity contribution in [2.75, 3.05) is 13.7 Å². The summed E-state index contributed by atoms with van der Waals surface area (Å²) in [5.74, 6) is 0.290. The summed E-state index contributed by atoms with van der Waals surface area (Å²) in [5.41, 5.74) is 3.84. The van der Waals surface area contributed by atoms with E-state index in [4.69, 9.17) is 25.3 Å². The van der Waals surface area contributed by atoms with Crippen molar-refractivity contribution < 1.29 is 26.9 Å². The van der Waals surface area contributed by atoms with Crippen molar-refractivity contribution >= 4 is 56.4 Å². The highest BCUT2D eigenvalue weighted by molar-refractivity contribution is 14.1. The molecule has 0 atom stereocenters. The highest BCUT2D eigenvalue weighted by atomic mass is 127. The molecule has 0 saturated carbocycles. The summed E-state index contributed by atoms with van der Waals surface area (Å²) >= 11 is 7.75. The molecule has 178 valence electrons. The van der Waals surface area contributed by atoms with Crippen LogP contribution < -0.4 is 19.1 Å². The molecule has 3 aromatic rings. The number of amides is 1. The number of methoxy groups -OCH3 is 1. The van der Waals surface area contributed by atoms with E-state index in [1.54, 1.807) is 48.5 Å². The summed E-state index contributed by atoms with van der Waals surface area (Å²) in [5, 5.41) is 4.47. The van der Waals surface area contributed by atoms with Gasteiger partial charge in [0.1, 0.15) is 10.6 Å². The lowest BCUT2D eigenvalue weighted by molar-refractivity contribution is -0.123. The summed E-state index contributed by atoms with van der Waals surface area (Å²) in [6, 6.07) is 16.1. The van der Waals surface area contributed by atoms with Crippen LogP contribution in [0.5, 0.6) is 17.2 Å². The van der Waals surface area contributed by atoms with Crippen LogP contribution in [0.3, 0.4) is 0 Å². The molecule has 0 bridgehead atoms. The van der Waals surface area contributed by atoms with Crippen LogP contribution >= 0.6 is 34.2 Å². The number of aryl methyl sites for hydroxylation is 1. The lowest BCUT2D eigenvalue weighted by Crippen LogP contribution is -2.24. The molecule has 1 amide bonds. The Kier molecular flexibility index (Phi) is 8.75. The van der Waals surface area contributed by atoms with E-state index in [-0.39, 0.29) is 23.0 Å². The van der Waals surface area contributed by atoms with Crippen LogP contribution in [-0.4, -0.2) is 34.3 Å². The molecular weight excluding hydrogens is 595 g/mol. The zero-order valence-electron chi connectivity index (χ0n) is 18.1. The van der Waals surface area contributed by atoms with Gasteiger partial charge < -0.3 is 13.7 Å². The minimum absolute atomic E-state index is 0.0325. The highest BCUT2D eigenvalue weighted by Gasteiger charge is 2.21. The molecule has 0 aliphatic rings. The minimum Gasteiger partial charge on any atom is -0.493 e. The van der Waals surface area contributed by atoms with Crippen LogP contribution in [0.15, 0.2) is 70.7 Å². The molecule has 0 aromatic heterocycles. The van der Waals surface area contributed by atoms with Crippen molar-refractivity contribution in [3.63, 3.8) is 0 Å². The average molecular weight is 615 g/mol. The zero-order valence-corrected chi connectivity index (χ0v) is 21.8. The maximum absolute atomic E-state index is 12.7. The number of benzene rings is 3. The van der Waals surface area contributed by atoms with E-state index < -0.39 is 16.0 Å². The molecule has 0 radical (unpaired) electrons. The van der Waals surface area contributed by atoms with Crippen molar-refractivity contribution in [3.05, 3.63) is 80.4 Å². The predicted molar refractivity (Wildman–Crippen MR) is 137 cm³/mol. The number of nitrogens with zero attached hydrogens (tertiary/aromatic N) is 1. The van der Waals surface area contributed by atoms with Gasteiger partial charge >= 0.3 is 10.1 Å². The van der Waals surface area contributed by atoms with Gasteiger partial charge in [-0.25, -0.2) is 5.43 Å². The monoisotopic (exact) mass is 614 g/mol.